The summed E-state index contributed by atoms with van der Waals surface area (Å²) in [7, 11) is 1.28. The molecule has 234 valence electrons. The van der Waals surface area contributed by atoms with Gasteiger partial charge in [-0.15, -0.1) is 0 Å². The highest BCUT2D eigenvalue weighted by Gasteiger charge is 2.53. The molecule has 5 N–H and O–H groups in total. The lowest BCUT2D eigenvalue weighted by molar-refractivity contribution is -0.235. The molecule has 0 saturated carbocycles. The second-order valence-electron chi connectivity index (χ2n) is 11.3. The molecule has 0 radical (unpaired) electrons. The Morgan fingerprint density at radius 3 is 2.25 bits per heavy atom. The number of methoxy groups -OCH3 is 1. The minimum absolute atomic E-state index is 0.00200. The maximum absolute atomic E-state index is 13.4. The number of aromatic hydroxyl groups is 2. The molecule has 44 heavy (non-hydrogen) atoms. The predicted octanol–water partition coefficient (Wildman–Crippen LogP) is 2.36. The van der Waals surface area contributed by atoms with Crippen molar-refractivity contribution in [2.45, 2.75) is 43.1 Å². The lowest BCUT2D eigenvalue weighted by Gasteiger charge is -2.45. The molecule has 3 aliphatic rings. The molecule has 2 saturated heterocycles. The van der Waals surface area contributed by atoms with Gasteiger partial charge in [0.1, 0.15) is 24.4 Å². The first-order valence-electron chi connectivity index (χ1n) is 14.5. The van der Waals surface area contributed by atoms with Gasteiger partial charge >= 0.3 is 5.97 Å². The monoisotopic (exact) mass is 626 g/mol. The fourth-order valence-corrected chi connectivity index (χ4v) is 6.69. The number of hydrogen-bond donors (Lipinski definition) is 5. The van der Waals surface area contributed by atoms with E-state index in [1.54, 1.807) is 0 Å². The summed E-state index contributed by atoms with van der Waals surface area (Å²) in [5.41, 5.74) is 2.34. The molecule has 0 aliphatic carbocycles. The Hall–Kier alpha value is -3.42. The number of halogens is 1. The molecule has 6 atom stereocenters. The molecule has 3 aliphatic heterocycles. The standard InChI is InChI=1S/C32H35ClN2O9/c1-42-30-25(37)20(22-23(27(30)39)29-31(44-32(22)41)28(40)26(38)21(16-36)43-29)15-34-11-13-35(14-12-34)24(17-5-3-2-4-6-17)18-7-9-19(33)10-8-18/h2-10,21,24,26,28-29,31,36-40H,11-16H2,1H3. The molecular formula is C32H35ClN2O9. The van der Waals surface area contributed by atoms with Crippen LogP contribution in [0, 0.1) is 0 Å². The van der Waals surface area contributed by atoms with E-state index in [0.717, 1.165) is 11.1 Å². The van der Waals surface area contributed by atoms with Crippen LogP contribution in [0.5, 0.6) is 17.2 Å². The van der Waals surface area contributed by atoms with Gasteiger partial charge in [-0.2, -0.15) is 0 Å². The molecule has 6 unspecified atom stereocenters. The Labute approximate surface area is 259 Å². The van der Waals surface area contributed by atoms with Gasteiger partial charge in [-0.05, 0) is 23.3 Å². The number of fused-ring (bicyclic) bond motifs is 3. The second-order valence-corrected chi connectivity index (χ2v) is 11.7. The Kier molecular flexibility index (Phi) is 8.71. The Bertz CT molecular complexity index is 1500. The number of hydrogen-bond acceptors (Lipinski definition) is 11. The average Bonchev–Trinajstić information content (AvgIpc) is 3.03. The highest BCUT2D eigenvalue weighted by molar-refractivity contribution is 6.30. The van der Waals surface area contributed by atoms with Crippen molar-refractivity contribution in [3.05, 3.63) is 87.4 Å². The van der Waals surface area contributed by atoms with E-state index in [9.17, 15) is 30.3 Å². The van der Waals surface area contributed by atoms with Crippen molar-refractivity contribution in [2.24, 2.45) is 0 Å². The Morgan fingerprint density at radius 2 is 1.61 bits per heavy atom. The summed E-state index contributed by atoms with van der Waals surface area (Å²) < 4.78 is 16.7. The van der Waals surface area contributed by atoms with E-state index in [1.807, 2.05) is 42.5 Å². The summed E-state index contributed by atoms with van der Waals surface area (Å²) in [6, 6.07) is 18.0. The van der Waals surface area contributed by atoms with Crippen LogP contribution >= 0.6 is 11.6 Å². The summed E-state index contributed by atoms with van der Waals surface area (Å²) in [6.07, 6.45) is -6.83. The summed E-state index contributed by atoms with van der Waals surface area (Å²) in [5.74, 6) is -2.07. The maximum atomic E-state index is 13.4. The van der Waals surface area contributed by atoms with Crippen LogP contribution in [0.2, 0.25) is 5.02 Å². The Morgan fingerprint density at radius 1 is 0.955 bits per heavy atom. The van der Waals surface area contributed by atoms with E-state index in [2.05, 4.69) is 21.9 Å². The average molecular weight is 627 g/mol. The maximum Gasteiger partial charge on any atom is 0.339 e. The van der Waals surface area contributed by atoms with Crippen molar-refractivity contribution < 1.29 is 44.5 Å². The number of rotatable bonds is 7. The third-order valence-corrected chi connectivity index (χ3v) is 9.05. The van der Waals surface area contributed by atoms with E-state index in [-0.39, 0.29) is 35.0 Å². The molecule has 12 heteroatoms. The first-order valence-corrected chi connectivity index (χ1v) is 14.9. The molecule has 0 aromatic heterocycles. The predicted molar refractivity (Wildman–Crippen MR) is 159 cm³/mol. The van der Waals surface area contributed by atoms with Crippen molar-refractivity contribution in [3.63, 3.8) is 0 Å². The van der Waals surface area contributed by atoms with Crippen molar-refractivity contribution in [3.8, 4) is 17.2 Å². The summed E-state index contributed by atoms with van der Waals surface area (Å²) in [6.45, 7) is 2.09. The minimum Gasteiger partial charge on any atom is -0.504 e. The smallest absolute Gasteiger partial charge is 0.339 e. The third-order valence-electron chi connectivity index (χ3n) is 8.80. The van der Waals surface area contributed by atoms with Crippen LogP contribution in [0.25, 0.3) is 0 Å². The molecule has 3 aromatic rings. The van der Waals surface area contributed by atoms with Gasteiger partial charge in [-0.25, -0.2) is 4.79 Å². The van der Waals surface area contributed by atoms with Crippen LogP contribution < -0.4 is 4.74 Å². The molecule has 11 nitrogen and oxygen atoms in total. The number of benzene rings is 3. The van der Waals surface area contributed by atoms with Gasteiger partial charge in [0.15, 0.2) is 17.6 Å². The first kappa shape index (κ1) is 30.6. The Balaban J connectivity index is 1.29. The third kappa shape index (κ3) is 5.39. The summed E-state index contributed by atoms with van der Waals surface area (Å²) >= 11 is 6.17. The van der Waals surface area contributed by atoms with Crippen LogP contribution in [0.4, 0.5) is 0 Å². The first-order chi connectivity index (χ1) is 21.2. The number of piperazine rings is 1. The quantitative estimate of drug-likeness (QED) is 0.246. The summed E-state index contributed by atoms with van der Waals surface area (Å²) in [4.78, 5) is 17.8. The molecule has 0 amide bonds. The van der Waals surface area contributed by atoms with Crippen molar-refractivity contribution in [1.29, 1.82) is 0 Å². The van der Waals surface area contributed by atoms with Gasteiger partial charge in [0.25, 0.3) is 0 Å². The lowest BCUT2D eigenvalue weighted by Crippen LogP contribution is -2.58. The number of esters is 1. The number of ether oxygens (including phenoxy) is 3. The normalized spacial score (nSPS) is 26.4. The highest BCUT2D eigenvalue weighted by atomic mass is 35.5. The number of aliphatic hydroxyl groups is 3. The van der Waals surface area contributed by atoms with E-state index in [4.69, 9.17) is 25.8 Å². The van der Waals surface area contributed by atoms with Crippen LogP contribution in [-0.4, -0.2) is 106 Å². The molecule has 6 rings (SSSR count). The van der Waals surface area contributed by atoms with Crippen molar-refractivity contribution in [1.82, 2.24) is 9.80 Å². The van der Waals surface area contributed by atoms with Crippen LogP contribution in [-0.2, 0) is 16.0 Å². The van der Waals surface area contributed by atoms with Crippen LogP contribution in [0.3, 0.4) is 0 Å². The van der Waals surface area contributed by atoms with Crippen LogP contribution in [0.15, 0.2) is 54.6 Å². The number of nitrogens with zero attached hydrogens (tertiary/aromatic N) is 2. The second kappa shape index (κ2) is 12.5. The van der Waals surface area contributed by atoms with E-state index in [0.29, 0.717) is 31.2 Å². The molecule has 0 bridgehead atoms. The van der Waals surface area contributed by atoms with Crippen LogP contribution in [0.1, 0.15) is 44.8 Å². The number of carbonyl (C=O) groups is 1. The summed E-state index contributed by atoms with van der Waals surface area (Å²) in [5, 5.41) is 53.7. The molecule has 2 fully saturated rings. The highest BCUT2D eigenvalue weighted by Crippen LogP contribution is 2.52. The number of phenols is 2. The zero-order valence-electron chi connectivity index (χ0n) is 24.0. The van der Waals surface area contributed by atoms with Gasteiger partial charge < -0.3 is 39.7 Å². The van der Waals surface area contributed by atoms with E-state index < -0.39 is 54.6 Å². The topological polar surface area (TPSA) is 152 Å². The molecule has 3 heterocycles. The van der Waals surface area contributed by atoms with Gasteiger partial charge in [0, 0.05) is 48.9 Å². The lowest BCUT2D eigenvalue weighted by atomic mass is 9.84. The van der Waals surface area contributed by atoms with Gasteiger partial charge in [-0.3, -0.25) is 9.80 Å². The minimum atomic E-state index is -1.57. The molecule has 3 aromatic carbocycles. The number of carbonyl (C=O) groups excluding carboxylic acids is 1. The van der Waals surface area contributed by atoms with Crippen molar-refractivity contribution >= 4 is 17.6 Å². The zero-order chi connectivity index (χ0) is 31.1. The van der Waals surface area contributed by atoms with E-state index >= 15 is 0 Å². The fraction of sp³-hybridized carbons (Fsp3) is 0.406. The largest absolute Gasteiger partial charge is 0.504 e. The van der Waals surface area contributed by atoms with Gasteiger partial charge in [-0.1, -0.05) is 54.1 Å². The van der Waals surface area contributed by atoms with Gasteiger partial charge in [0.05, 0.1) is 25.3 Å². The number of aliphatic hydroxyl groups excluding tert-OH is 3. The fourth-order valence-electron chi connectivity index (χ4n) is 6.56. The van der Waals surface area contributed by atoms with Crippen molar-refractivity contribution in [2.75, 3.05) is 39.9 Å². The number of phenolic OH excluding ortho intramolecular Hbond substituents is 2. The van der Waals surface area contributed by atoms with E-state index in [1.165, 1.54) is 7.11 Å². The zero-order valence-corrected chi connectivity index (χ0v) is 24.8. The molecular weight excluding hydrogens is 592 g/mol. The van der Waals surface area contributed by atoms with Gasteiger partial charge in [0.2, 0.25) is 5.75 Å². The molecule has 0 spiro atoms. The SMILES string of the molecule is COc1c(O)c(CN2CCN(C(c3ccccc3)c3ccc(Cl)cc3)CC2)c2c(c1O)C1OC(CO)C(O)C(O)C1OC2=O.